The molecule has 2 heteroatoms. The molecule has 10 aromatic carbocycles. The predicted octanol–water partition coefficient (Wildman–Crippen LogP) is 14.7. The van der Waals surface area contributed by atoms with Gasteiger partial charge in [-0.3, -0.25) is 0 Å². The molecule has 260 valence electrons. The Morgan fingerprint density at radius 1 is 0.393 bits per heavy atom. The molecule has 2 nitrogen and oxygen atoms in total. The zero-order valence-electron chi connectivity index (χ0n) is 30.3. The molecule has 0 amide bonds. The van der Waals surface area contributed by atoms with Gasteiger partial charge in [-0.15, -0.1) is 0 Å². The van der Waals surface area contributed by atoms with Crippen LogP contribution in [-0.4, -0.2) is 6.10 Å². The average Bonchev–Trinajstić information content (AvgIpc) is 3.83. The van der Waals surface area contributed by atoms with Gasteiger partial charge in [0.2, 0.25) is 0 Å². The summed E-state index contributed by atoms with van der Waals surface area (Å²) in [5.41, 5.74) is 7.60. The summed E-state index contributed by atoms with van der Waals surface area (Å²) >= 11 is 0. The molecule has 2 heterocycles. The van der Waals surface area contributed by atoms with E-state index in [2.05, 4.69) is 182 Å². The highest BCUT2D eigenvalue weighted by molar-refractivity contribution is 6.27. The SMILES string of the molecule is C1=CC2c3cc4c(cc3OC2C(c2ccc3c5ccccc5c5ccccc5c3c2)=C1)oc1c(-c2ccc3c5ccccc5c5ccccc5c3c2)cccc14. The van der Waals surface area contributed by atoms with E-state index in [1.54, 1.807) is 0 Å². The molecule has 56 heavy (non-hydrogen) atoms. The van der Waals surface area contributed by atoms with Crippen LogP contribution in [0, 0.1) is 0 Å². The van der Waals surface area contributed by atoms with Crippen molar-refractivity contribution in [1.82, 2.24) is 0 Å². The molecule has 0 N–H and O–H groups in total. The van der Waals surface area contributed by atoms with E-state index < -0.39 is 0 Å². The van der Waals surface area contributed by atoms with Crippen molar-refractivity contribution in [2.24, 2.45) is 0 Å². The van der Waals surface area contributed by atoms with Gasteiger partial charge in [0.25, 0.3) is 0 Å². The Hall–Kier alpha value is -7.16. The summed E-state index contributed by atoms with van der Waals surface area (Å²) in [5, 5.41) is 17.6. The number of fused-ring (bicyclic) bond motifs is 18. The van der Waals surface area contributed by atoms with Crippen molar-refractivity contribution in [3.63, 3.8) is 0 Å². The molecule has 1 aliphatic carbocycles. The standard InChI is InChI=1S/C54H32O2/c1-3-15-39-35(11-1)37-13-5-7-17-41(37)47-27-31(23-25-43(39)47)33-19-9-21-45-49-29-50-46-22-10-20-34(54(46)56-52(50)30-51(49)55-53(33)45)32-24-26-44-40-16-4-2-12-36(40)38-14-6-8-18-42(38)48(44)28-32/h1-30,45,53H. The van der Waals surface area contributed by atoms with Crippen molar-refractivity contribution < 1.29 is 9.15 Å². The third-order valence-corrected chi connectivity index (χ3v) is 12.6. The fraction of sp³-hybridized carbons (Fsp3) is 0.0370. The summed E-state index contributed by atoms with van der Waals surface area (Å²) in [6, 6.07) is 59.8. The van der Waals surface area contributed by atoms with Gasteiger partial charge < -0.3 is 9.15 Å². The second-order valence-corrected chi connectivity index (χ2v) is 15.4. The van der Waals surface area contributed by atoms with Gasteiger partial charge in [-0.2, -0.15) is 0 Å². The molecule has 0 spiro atoms. The van der Waals surface area contributed by atoms with E-state index in [1.165, 1.54) is 81.3 Å². The number of benzene rings is 10. The van der Waals surface area contributed by atoms with Crippen LogP contribution in [0.25, 0.3) is 103 Å². The summed E-state index contributed by atoms with van der Waals surface area (Å²) in [4.78, 5) is 0. The Labute approximate surface area is 322 Å². The molecule has 2 atom stereocenters. The van der Waals surface area contributed by atoms with Crippen molar-refractivity contribution in [2.75, 3.05) is 0 Å². The van der Waals surface area contributed by atoms with Gasteiger partial charge in [0, 0.05) is 39.5 Å². The first kappa shape index (κ1) is 30.2. The summed E-state index contributed by atoms with van der Waals surface area (Å²) in [7, 11) is 0. The van der Waals surface area contributed by atoms with Gasteiger partial charge in [-0.25, -0.2) is 0 Å². The van der Waals surface area contributed by atoms with E-state index in [4.69, 9.17) is 9.15 Å². The average molecular weight is 713 g/mol. The molecule has 1 aliphatic heterocycles. The zero-order chi connectivity index (χ0) is 36.5. The lowest BCUT2D eigenvalue weighted by molar-refractivity contribution is 0.278. The van der Waals surface area contributed by atoms with Crippen LogP contribution in [0.5, 0.6) is 5.75 Å². The first-order valence-corrected chi connectivity index (χ1v) is 19.5. The minimum Gasteiger partial charge on any atom is -0.484 e. The predicted molar refractivity (Wildman–Crippen MR) is 235 cm³/mol. The number of allylic oxidation sites excluding steroid dienone is 2. The Morgan fingerprint density at radius 2 is 0.893 bits per heavy atom. The molecular weight excluding hydrogens is 681 g/mol. The molecule has 2 aliphatic rings. The van der Waals surface area contributed by atoms with Gasteiger partial charge in [-0.05, 0) is 94.0 Å². The van der Waals surface area contributed by atoms with Crippen LogP contribution in [0.15, 0.2) is 186 Å². The fourth-order valence-electron chi connectivity index (χ4n) is 10.1. The van der Waals surface area contributed by atoms with Crippen LogP contribution >= 0.6 is 0 Å². The van der Waals surface area contributed by atoms with Gasteiger partial charge in [0.15, 0.2) is 0 Å². The minimum atomic E-state index is -0.115. The Bertz CT molecular complexity index is 3510. The molecular formula is C54H32O2. The maximum absolute atomic E-state index is 6.91. The summed E-state index contributed by atoms with van der Waals surface area (Å²) < 4.78 is 13.7. The van der Waals surface area contributed by atoms with Crippen molar-refractivity contribution in [2.45, 2.75) is 12.0 Å². The highest BCUT2D eigenvalue weighted by Crippen LogP contribution is 2.50. The summed E-state index contributed by atoms with van der Waals surface area (Å²) in [6.07, 6.45) is 6.63. The molecule has 1 aromatic heterocycles. The zero-order valence-corrected chi connectivity index (χ0v) is 30.3. The van der Waals surface area contributed by atoms with Crippen molar-refractivity contribution >= 4 is 92.1 Å². The van der Waals surface area contributed by atoms with E-state index in [1.807, 2.05) is 0 Å². The molecule has 0 bridgehead atoms. The number of hydrogen-bond acceptors (Lipinski definition) is 2. The lowest BCUT2D eigenvalue weighted by Gasteiger charge is -2.23. The van der Waals surface area contributed by atoms with Gasteiger partial charge in [-0.1, -0.05) is 158 Å². The van der Waals surface area contributed by atoms with E-state index in [-0.39, 0.29) is 12.0 Å². The second-order valence-electron chi connectivity index (χ2n) is 15.4. The van der Waals surface area contributed by atoms with E-state index in [0.29, 0.717) is 0 Å². The van der Waals surface area contributed by atoms with Crippen molar-refractivity contribution in [3.8, 4) is 16.9 Å². The maximum Gasteiger partial charge on any atom is 0.143 e. The van der Waals surface area contributed by atoms with Gasteiger partial charge in [0.1, 0.15) is 23.0 Å². The van der Waals surface area contributed by atoms with Crippen LogP contribution in [0.1, 0.15) is 17.0 Å². The molecule has 2 unspecified atom stereocenters. The van der Waals surface area contributed by atoms with Crippen LogP contribution < -0.4 is 4.74 Å². The Morgan fingerprint density at radius 3 is 1.48 bits per heavy atom. The van der Waals surface area contributed by atoms with Crippen molar-refractivity contribution in [3.05, 3.63) is 193 Å². The number of rotatable bonds is 2. The smallest absolute Gasteiger partial charge is 0.143 e. The maximum atomic E-state index is 6.91. The van der Waals surface area contributed by atoms with Crippen LogP contribution in [0.2, 0.25) is 0 Å². The number of para-hydroxylation sites is 1. The topological polar surface area (TPSA) is 22.4 Å². The second kappa shape index (κ2) is 11.2. The van der Waals surface area contributed by atoms with E-state index in [0.717, 1.165) is 38.8 Å². The third kappa shape index (κ3) is 4.11. The normalized spacial score (nSPS) is 16.4. The first-order chi connectivity index (χ1) is 27.8. The van der Waals surface area contributed by atoms with Crippen LogP contribution in [0.4, 0.5) is 0 Å². The van der Waals surface area contributed by atoms with Crippen LogP contribution in [-0.2, 0) is 0 Å². The molecule has 11 aromatic rings. The summed E-state index contributed by atoms with van der Waals surface area (Å²) in [5.74, 6) is 1.00. The highest BCUT2D eigenvalue weighted by atomic mass is 16.5. The Balaban J connectivity index is 0.916. The third-order valence-electron chi connectivity index (χ3n) is 12.6. The van der Waals surface area contributed by atoms with Crippen molar-refractivity contribution in [1.29, 1.82) is 0 Å². The van der Waals surface area contributed by atoms with Crippen LogP contribution in [0.3, 0.4) is 0 Å². The monoisotopic (exact) mass is 712 g/mol. The molecule has 13 rings (SSSR count). The van der Waals surface area contributed by atoms with Gasteiger partial charge >= 0.3 is 0 Å². The fourth-order valence-corrected chi connectivity index (χ4v) is 10.1. The highest BCUT2D eigenvalue weighted by Gasteiger charge is 2.38. The number of furan rings is 1. The minimum absolute atomic E-state index is 0.107. The van der Waals surface area contributed by atoms with Gasteiger partial charge in [0.05, 0.1) is 0 Å². The lowest BCUT2D eigenvalue weighted by atomic mass is 9.83. The lowest BCUT2D eigenvalue weighted by Crippen LogP contribution is -2.21. The first-order valence-electron chi connectivity index (χ1n) is 19.5. The number of hydrogen-bond donors (Lipinski definition) is 0. The molecule has 0 fully saturated rings. The van der Waals surface area contributed by atoms with E-state index >= 15 is 0 Å². The molecule has 0 radical (unpaired) electrons. The summed E-state index contributed by atoms with van der Waals surface area (Å²) in [6.45, 7) is 0. The quantitative estimate of drug-likeness (QED) is 0.167. The van der Waals surface area contributed by atoms with E-state index in [9.17, 15) is 0 Å². The molecule has 0 saturated carbocycles. The molecule has 0 saturated heterocycles. The largest absolute Gasteiger partial charge is 0.484 e. The number of ether oxygens (including phenoxy) is 1. The Kier molecular flexibility index (Phi) is 6.04.